The third-order valence-corrected chi connectivity index (χ3v) is 4.99. The molecule has 1 fully saturated rings. The van der Waals surface area contributed by atoms with Crippen LogP contribution in [0, 0.1) is 0 Å². The molecule has 0 spiro atoms. The maximum atomic E-state index is 13.1. The Kier molecular flexibility index (Phi) is 4.99. The van der Waals surface area contributed by atoms with E-state index in [0.29, 0.717) is 42.7 Å². The minimum atomic E-state index is -4.46. The van der Waals surface area contributed by atoms with E-state index in [4.69, 9.17) is 4.74 Å². The van der Waals surface area contributed by atoms with Crippen molar-refractivity contribution in [3.63, 3.8) is 0 Å². The maximum absolute atomic E-state index is 13.1. The fourth-order valence-corrected chi connectivity index (χ4v) is 3.41. The molecule has 0 radical (unpaired) electrons. The number of alkyl halides is 3. The van der Waals surface area contributed by atoms with Crippen LogP contribution in [-0.2, 0) is 18.0 Å². The second-order valence-corrected chi connectivity index (χ2v) is 7.00. The minimum absolute atomic E-state index is 0.00635. The molecule has 0 unspecified atom stereocenters. The number of halogens is 3. The molecular weight excluding hydrogens is 385 g/mol. The number of benzene rings is 1. The van der Waals surface area contributed by atoms with Gasteiger partial charge in [-0.1, -0.05) is 12.1 Å². The van der Waals surface area contributed by atoms with Crippen molar-refractivity contribution in [2.45, 2.75) is 25.1 Å². The van der Waals surface area contributed by atoms with Crippen LogP contribution in [0.5, 0.6) is 0 Å². The molecule has 2 aromatic heterocycles. The van der Waals surface area contributed by atoms with E-state index in [1.807, 2.05) is 0 Å². The Labute approximate surface area is 164 Å². The van der Waals surface area contributed by atoms with Crippen LogP contribution in [0.2, 0.25) is 0 Å². The highest BCUT2D eigenvalue weighted by molar-refractivity contribution is 6.06. The summed E-state index contributed by atoms with van der Waals surface area (Å²) in [6.45, 7) is 1.16. The lowest BCUT2D eigenvalue weighted by atomic mass is 10.0. The number of rotatable bonds is 3. The fourth-order valence-electron chi connectivity index (χ4n) is 3.41. The topological polar surface area (TPSA) is 69.0 Å². The van der Waals surface area contributed by atoms with E-state index in [9.17, 15) is 18.0 Å². The Morgan fingerprint density at radius 1 is 1.24 bits per heavy atom. The summed E-state index contributed by atoms with van der Waals surface area (Å²) in [5.74, 6) is -0.300. The second-order valence-electron chi connectivity index (χ2n) is 7.00. The molecule has 1 amide bonds. The average molecular weight is 404 g/mol. The van der Waals surface area contributed by atoms with Gasteiger partial charge >= 0.3 is 6.18 Å². The van der Waals surface area contributed by atoms with Gasteiger partial charge in [0, 0.05) is 31.9 Å². The zero-order valence-corrected chi connectivity index (χ0v) is 15.7. The molecular formula is C20H19F3N4O2. The molecule has 1 aromatic carbocycles. The van der Waals surface area contributed by atoms with Crippen molar-refractivity contribution in [1.29, 1.82) is 0 Å². The van der Waals surface area contributed by atoms with E-state index in [2.05, 4.69) is 15.4 Å². The molecule has 1 N–H and O–H groups in total. The molecule has 0 atom stereocenters. The van der Waals surface area contributed by atoms with Gasteiger partial charge < -0.3 is 10.1 Å². The van der Waals surface area contributed by atoms with Gasteiger partial charge in [0.25, 0.3) is 5.91 Å². The van der Waals surface area contributed by atoms with Gasteiger partial charge in [0.1, 0.15) is 0 Å². The smallest absolute Gasteiger partial charge is 0.381 e. The number of ether oxygens (including phenoxy) is 1. The highest BCUT2D eigenvalue weighted by Gasteiger charge is 2.30. The second kappa shape index (κ2) is 7.47. The molecule has 4 rings (SSSR count). The van der Waals surface area contributed by atoms with E-state index in [-0.39, 0.29) is 23.2 Å². The molecule has 9 heteroatoms. The van der Waals surface area contributed by atoms with Crippen molar-refractivity contribution < 1.29 is 22.7 Å². The number of hydrogen-bond donors (Lipinski definition) is 1. The number of nitrogens with one attached hydrogen (secondary N) is 1. The number of fused-ring (bicyclic) bond motifs is 1. The predicted octanol–water partition coefficient (Wildman–Crippen LogP) is 3.56. The van der Waals surface area contributed by atoms with E-state index >= 15 is 0 Å². The van der Waals surface area contributed by atoms with Crippen LogP contribution in [0.3, 0.4) is 0 Å². The molecule has 1 aliphatic rings. The van der Waals surface area contributed by atoms with Gasteiger partial charge in [-0.25, -0.2) is 4.98 Å². The van der Waals surface area contributed by atoms with Gasteiger partial charge in [0.05, 0.1) is 28.4 Å². The molecule has 1 aliphatic heterocycles. The van der Waals surface area contributed by atoms with Crippen LogP contribution in [0.25, 0.3) is 22.3 Å². The number of pyridine rings is 1. The average Bonchev–Trinajstić information content (AvgIpc) is 3.08. The number of nitrogens with zero attached hydrogens (tertiary/aromatic N) is 3. The number of carbonyl (C=O) groups is 1. The van der Waals surface area contributed by atoms with Crippen LogP contribution in [0.15, 0.2) is 36.5 Å². The first-order valence-electron chi connectivity index (χ1n) is 9.22. The van der Waals surface area contributed by atoms with E-state index in [1.54, 1.807) is 13.1 Å². The third kappa shape index (κ3) is 3.95. The molecule has 0 saturated carbocycles. The number of aryl methyl sites for hydroxylation is 1. The number of amides is 1. The van der Waals surface area contributed by atoms with Crippen LogP contribution < -0.4 is 5.32 Å². The fraction of sp³-hybridized carbons (Fsp3) is 0.350. The van der Waals surface area contributed by atoms with Crippen LogP contribution >= 0.6 is 0 Å². The lowest BCUT2D eigenvalue weighted by Gasteiger charge is -2.23. The van der Waals surface area contributed by atoms with Crippen molar-refractivity contribution in [3.8, 4) is 11.3 Å². The molecule has 152 valence electrons. The summed E-state index contributed by atoms with van der Waals surface area (Å²) in [7, 11) is 1.67. The summed E-state index contributed by atoms with van der Waals surface area (Å²) in [5, 5.41) is 7.69. The van der Waals surface area contributed by atoms with Crippen LogP contribution in [0.4, 0.5) is 13.2 Å². The molecule has 1 saturated heterocycles. The Hall–Kier alpha value is -2.94. The Bertz CT molecular complexity index is 1060. The quantitative estimate of drug-likeness (QED) is 0.725. The summed E-state index contributed by atoms with van der Waals surface area (Å²) in [5.41, 5.74) is 0.557. The lowest BCUT2D eigenvalue weighted by molar-refractivity contribution is -0.137. The SMILES string of the molecule is Cn1ncc2c(C(=O)NC3CCOCC3)cc(-c3cccc(C(F)(F)F)c3)nc21. The monoisotopic (exact) mass is 404 g/mol. The zero-order chi connectivity index (χ0) is 20.6. The van der Waals surface area contributed by atoms with E-state index in [0.717, 1.165) is 12.1 Å². The van der Waals surface area contributed by atoms with Crippen molar-refractivity contribution in [2.24, 2.45) is 7.05 Å². The van der Waals surface area contributed by atoms with E-state index < -0.39 is 11.7 Å². The van der Waals surface area contributed by atoms with Gasteiger partial charge in [-0.05, 0) is 31.0 Å². The molecule has 0 bridgehead atoms. The summed E-state index contributed by atoms with van der Waals surface area (Å²) < 4.78 is 46.1. The summed E-state index contributed by atoms with van der Waals surface area (Å²) >= 11 is 0. The predicted molar refractivity (Wildman–Crippen MR) is 100 cm³/mol. The van der Waals surface area contributed by atoms with Crippen LogP contribution in [-0.4, -0.2) is 39.9 Å². The maximum Gasteiger partial charge on any atom is 0.416 e. The lowest BCUT2D eigenvalue weighted by Crippen LogP contribution is -2.39. The number of carbonyl (C=O) groups excluding carboxylic acids is 1. The zero-order valence-electron chi connectivity index (χ0n) is 15.7. The van der Waals surface area contributed by atoms with Crippen molar-refractivity contribution >= 4 is 16.9 Å². The largest absolute Gasteiger partial charge is 0.416 e. The van der Waals surface area contributed by atoms with Gasteiger partial charge in [0.2, 0.25) is 0 Å². The normalized spacial score (nSPS) is 15.6. The van der Waals surface area contributed by atoms with Gasteiger partial charge in [-0.2, -0.15) is 18.3 Å². The summed E-state index contributed by atoms with van der Waals surface area (Å²) in [6.07, 6.45) is -1.49. The molecule has 6 nitrogen and oxygen atoms in total. The summed E-state index contributed by atoms with van der Waals surface area (Å²) in [4.78, 5) is 17.4. The standard InChI is InChI=1S/C20H19F3N4O2/c1-27-18-16(11-24-27)15(19(28)25-14-5-7-29-8-6-14)10-17(26-18)12-3-2-4-13(9-12)20(21,22)23/h2-4,9-11,14H,5-8H2,1H3,(H,25,28). The van der Waals surface area contributed by atoms with Crippen LogP contribution in [0.1, 0.15) is 28.8 Å². The van der Waals surface area contributed by atoms with Crippen molar-refractivity contribution in [3.05, 3.63) is 47.7 Å². The molecule has 3 aromatic rings. The third-order valence-electron chi connectivity index (χ3n) is 4.99. The summed E-state index contributed by atoms with van der Waals surface area (Å²) in [6, 6.07) is 6.42. The first-order valence-corrected chi connectivity index (χ1v) is 9.22. The van der Waals surface area contributed by atoms with Crippen molar-refractivity contribution in [1.82, 2.24) is 20.1 Å². The minimum Gasteiger partial charge on any atom is -0.381 e. The Morgan fingerprint density at radius 2 is 2.00 bits per heavy atom. The Morgan fingerprint density at radius 3 is 2.72 bits per heavy atom. The van der Waals surface area contributed by atoms with Crippen molar-refractivity contribution in [2.75, 3.05) is 13.2 Å². The molecule has 0 aliphatic carbocycles. The number of hydrogen-bond acceptors (Lipinski definition) is 4. The number of aromatic nitrogens is 3. The highest BCUT2D eigenvalue weighted by Crippen LogP contribution is 2.32. The first-order chi connectivity index (χ1) is 13.8. The Balaban J connectivity index is 1.76. The van der Waals surface area contributed by atoms with Gasteiger partial charge in [-0.15, -0.1) is 0 Å². The first kappa shape index (κ1) is 19.4. The molecule has 3 heterocycles. The van der Waals surface area contributed by atoms with E-state index in [1.165, 1.54) is 23.0 Å². The van der Waals surface area contributed by atoms with Gasteiger partial charge in [-0.3, -0.25) is 9.48 Å². The highest BCUT2D eigenvalue weighted by atomic mass is 19.4. The van der Waals surface area contributed by atoms with Gasteiger partial charge in [0.15, 0.2) is 5.65 Å². The molecule has 29 heavy (non-hydrogen) atoms.